The van der Waals surface area contributed by atoms with Crippen molar-refractivity contribution in [3.63, 3.8) is 0 Å². The summed E-state index contributed by atoms with van der Waals surface area (Å²) in [6.07, 6.45) is 1.41. The third-order valence-corrected chi connectivity index (χ3v) is 4.98. The molecule has 1 heterocycles. The van der Waals surface area contributed by atoms with Crippen LogP contribution >= 0.6 is 0 Å². The smallest absolute Gasteiger partial charge is 0.387 e. The van der Waals surface area contributed by atoms with Gasteiger partial charge in [0.15, 0.2) is 11.5 Å². The summed E-state index contributed by atoms with van der Waals surface area (Å²) < 4.78 is 46.5. The van der Waals surface area contributed by atoms with Crippen molar-refractivity contribution in [2.45, 2.75) is 19.8 Å². The third-order valence-electron chi connectivity index (χ3n) is 4.98. The summed E-state index contributed by atoms with van der Waals surface area (Å²) in [5.41, 5.74) is 2.10. The minimum absolute atomic E-state index is 0.00752. The van der Waals surface area contributed by atoms with Gasteiger partial charge in [0.05, 0.1) is 24.9 Å². The second kappa shape index (κ2) is 11.1. The maximum atomic E-state index is 12.6. The molecule has 0 atom stereocenters. The van der Waals surface area contributed by atoms with Crippen LogP contribution in [0.15, 0.2) is 83.5 Å². The number of amides is 1. The van der Waals surface area contributed by atoms with Gasteiger partial charge in [-0.05, 0) is 35.9 Å². The van der Waals surface area contributed by atoms with Crippen LogP contribution in [0.25, 0.3) is 11.5 Å². The van der Waals surface area contributed by atoms with Crippen LogP contribution in [0, 0.1) is 0 Å². The summed E-state index contributed by atoms with van der Waals surface area (Å²) in [7, 11) is 1.56. The number of hydrogen-bond acceptors (Lipinski definition) is 6. The number of ether oxygens (including phenoxy) is 3. The molecule has 0 unspecified atom stereocenters. The largest absolute Gasteiger partial charge is 0.493 e. The van der Waals surface area contributed by atoms with Crippen LogP contribution < -0.4 is 19.5 Å². The standard InChI is InChI=1S/C26H22F2N2O5/c1-32-22-12-11-18(13-23(22)33-15-17-7-3-2-4-8-17)25-30-19(16-34-25)14-29-24(31)20-9-5-6-10-21(20)35-26(27)28/h2-13,16,26H,14-15H2,1H3,(H,29,31). The van der Waals surface area contributed by atoms with Crippen LogP contribution in [0.2, 0.25) is 0 Å². The molecule has 0 aliphatic rings. The summed E-state index contributed by atoms with van der Waals surface area (Å²) >= 11 is 0. The van der Waals surface area contributed by atoms with E-state index in [-0.39, 0.29) is 17.9 Å². The number of benzene rings is 3. The van der Waals surface area contributed by atoms with Crippen molar-refractivity contribution in [1.82, 2.24) is 10.3 Å². The molecule has 0 saturated heterocycles. The fraction of sp³-hybridized carbons (Fsp3) is 0.154. The van der Waals surface area contributed by atoms with Gasteiger partial charge in [0.1, 0.15) is 18.6 Å². The molecule has 0 radical (unpaired) electrons. The summed E-state index contributed by atoms with van der Waals surface area (Å²) in [6, 6.07) is 20.8. The van der Waals surface area contributed by atoms with E-state index in [1.54, 1.807) is 31.4 Å². The number of methoxy groups -OCH3 is 1. The van der Waals surface area contributed by atoms with Gasteiger partial charge in [0.25, 0.3) is 5.91 Å². The number of carbonyl (C=O) groups excluding carboxylic acids is 1. The molecule has 0 aliphatic heterocycles. The first kappa shape index (κ1) is 23.7. The average molecular weight is 480 g/mol. The highest BCUT2D eigenvalue weighted by Gasteiger charge is 2.16. The lowest BCUT2D eigenvalue weighted by Gasteiger charge is -2.11. The Balaban J connectivity index is 1.43. The van der Waals surface area contributed by atoms with E-state index in [1.165, 1.54) is 24.5 Å². The molecule has 180 valence electrons. The Morgan fingerprint density at radius 2 is 1.77 bits per heavy atom. The highest BCUT2D eigenvalue weighted by molar-refractivity contribution is 5.96. The molecule has 1 N–H and O–H groups in total. The van der Waals surface area contributed by atoms with Gasteiger partial charge in [0, 0.05) is 5.56 Å². The Bertz CT molecular complexity index is 1280. The van der Waals surface area contributed by atoms with Gasteiger partial charge in [-0.3, -0.25) is 4.79 Å². The Hall–Kier alpha value is -4.40. The van der Waals surface area contributed by atoms with Crippen LogP contribution in [-0.4, -0.2) is 24.6 Å². The van der Waals surface area contributed by atoms with Gasteiger partial charge in [-0.15, -0.1) is 0 Å². The van der Waals surface area contributed by atoms with Crippen molar-refractivity contribution in [2.24, 2.45) is 0 Å². The second-order valence-corrected chi connectivity index (χ2v) is 7.34. The van der Waals surface area contributed by atoms with Crippen molar-refractivity contribution in [3.05, 3.63) is 95.9 Å². The number of hydrogen-bond donors (Lipinski definition) is 1. The molecule has 4 rings (SSSR count). The fourth-order valence-corrected chi connectivity index (χ4v) is 3.30. The topological polar surface area (TPSA) is 82.8 Å². The highest BCUT2D eigenvalue weighted by atomic mass is 19.3. The number of halogens is 2. The normalized spacial score (nSPS) is 10.7. The summed E-state index contributed by atoms with van der Waals surface area (Å²) in [4.78, 5) is 16.9. The maximum Gasteiger partial charge on any atom is 0.387 e. The zero-order valence-corrected chi connectivity index (χ0v) is 18.7. The van der Waals surface area contributed by atoms with E-state index >= 15 is 0 Å². The number of nitrogens with one attached hydrogen (secondary N) is 1. The predicted octanol–water partition coefficient (Wildman–Crippen LogP) is 5.46. The molecular formula is C26H22F2N2O5. The lowest BCUT2D eigenvalue weighted by Crippen LogP contribution is -2.24. The SMILES string of the molecule is COc1ccc(-c2nc(CNC(=O)c3ccccc3OC(F)F)co2)cc1OCc1ccccc1. The number of carbonyl (C=O) groups is 1. The molecule has 0 fully saturated rings. The first-order chi connectivity index (χ1) is 17.0. The predicted molar refractivity (Wildman–Crippen MR) is 124 cm³/mol. The van der Waals surface area contributed by atoms with E-state index < -0.39 is 12.5 Å². The van der Waals surface area contributed by atoms with Gasteiger partial charge in [-0.1, -0.05) is 42.5 Å². The minimum atomic E-state index is -3.03. The van der Waals surface area contributed by atoms with Crippen LogP contribution in [0.1, 0.15) is 21.6 Å². The van der Waals surface area contributed by atoms with Crippen LogP contribution in [0.3, 0.4) is 0 Å². The molecule has 1 amide bonds. The van der Waals surface area contributed by atoms with Crippen molar-refractivity contribution >= 4 is 5.91 Å². The maximum absolute atomic E-state index is 12.6. The number of rotatable bonds is 10. The molecular weight excluding hydrogens is 458 g/mol. The average Bonchev–Trinajstić information content (AvgIpc) is 3.35. The lowest BCUT2D eigenvalue weighted by molar-refractivity contribution is -0.0501. The minimum Gasteiger partial charge on any atom is -0.493 e. The number of alkyl halides is 2. The van der Waals surface area contributed by atoms with Gasteiger partial charge in [-0.25, -0.2) is 4.98 Å². The van der Waals surface area contributed by atoms with Crippen molar-refractivity contribution in [1.29, 1.82) is 0 Å². The van der Waals surface area contributed by atoms with E-state index in [4.69, 9.17) is 13.9 Å². The third kappa shape index (κ3) is 6.14. The number of para-hydroxylation sites is 1. The zero-order valence-electron chi connectivity index (χ0n) is 18.7. The van der Waals surface area contributed by atoms with E-state index in [1.807, 2.05) is 30.3 Å². The Morgan fingerprint density at radius 3 is 2.54 bits per heavy atom. The van der Waals surface area contributed by atoms with Crippen LogP contribution in [0.4, 0.5) is 8.78 Å². The molecule has 7 nitrogen and oxygen atoms in total. The molecule has 3 aromatic carbocycles. The molecule has 0 spiro atoms. The van der Waals surface area contributed by atoms with Gasteiger partial charge >= 0.3 is 6.61 Å². The number of aromatic nitrogens is 1. The van der Waals surface area contributed by atoms with Crippen molar-refractivity contribution in [3.8, 4) is 28.7 Å². The molecule has 35 heavy (non-hydrogen) atoms. The molecule has 0 saturated carbocycles. The first-order valence-corrected chi connectivity index (χ1v) is 10.6. The first-order valence-electron chi connectivity index (χ1n) is 10.6. The summed E-state index contributed by atoms with van der Waals surface area (Å²) in [5.74, 6) is 0.628. The summed E-state index contributed by atoms with van der Waals surface area (Å²) in [6.45, 7) is -2.65. The fourth-order valence-electron chi connectivity index (χ4n) is 3.30. The number of nitrogens with zero attached hydrogens (tertiary/aromatic N) is 1. The molecule has 4 aromatic rings. The highest BCUT2D eigenvalue weighted by Crippen LogP contribution is 2.33. The van der Waals surface area contributed by atoms with E-state index in [0.717, 1.165) is 5.56 Å². The zero-order chi connectivity index (χ0) is 24.6. The molecule has 0 aliphatic carbocycles. The van der Waals surface area contributed by atoms with Crippen molar-refractivity contribution < 1.29 is 32.2 Å². The quantitative estimate of drug-likeness (QED) is 0.325. The molecule has 9 heteroatoms. The molecule has 0 bridgehead atoms. The number of oxazole rings is 1. The Kier molecular flexibility index (Phi) is 7.57. The van der Waals surface area contributed by atoms with E-state index in [2.05, 4.69) is 15.0 Å². The van der Waals surface area contributed by atoms with Gasteiger partial charge in [0.2, 0.25) is 5.89 Å². The summed E-state index contributed by atoms with van der Waals surface area (Å²) in [5, 5.41) is 2.63. The monoisotopic (exact) mass is 480 g/mol. The Morgan fingerprint density at radius 1 is 1.00 bits per heavy atom. The van der Waals surface area contributed by atoms with E-state index in [0.29, 0.717) is 35.3 Å². The van der Waals surface area contributed by atoms with Gasteiger partial charge in [-0.2, -0.15) is 8.78 Å². The van der Waals surface area contributed by atoms with Gasteiger partial charge < -0.3 is 23.9 Å². The van der Waals surface area contributed by atoms with Crippen LogP contribution in [-0.2, 0) is 13.2 Å². The lowest BCUT2D eigenvalue weighted by atomic mass is 10.2. The second-order valence-electron chi connectivity index (χ2n) is 7.34. The van der Waals surface area contributed by atoms with Crippen molar-refractivity contribution in [2.75, 3.05) is 7.11 Å². The molecule has 1 aromatic heterocycles. The van der Waals surface area contributed by atoms with E-state index in [9.17, 15) is 13.6 Å². The Labute approximate surface area is 200 Å². The van der Waals surface area contributed by atoms with Crippen LogP contribution in [0.5, 0.6) is 17.2 Å².